The number of guanidine groups is 1. The van der Waals surface area contributed by atoms with Gasteiger partial charge in [-0.25, -0.2) is 9.98 Å². The summed E-state index contributed by atoms with van der Waals surface area (Å²) in [6, 6.07) is 18.6. The van der Waals surface area contributed by atoms with Crippen LogP contribution in [0.5, 0.6) is 23.1 Å². The number of aromatic nitrogens is 1. The van der Waals surface area contributed by atoms with Crippen LogP contribution in [0.1, 0.15) is 12.5 Å². The molecule has 150 valence electrons. The first-order valence-electron chi connectivity index (χ1n) is 9.23. The largest absolute Gasteiger partial charge is 0.495 e. The number of nitrogens with one attached hydrogen (secondary N) is 1. The third kappa shape index (κ3) is 5.87. The number of hydrogen-bond donors (Lipinski definition) is 2. The van der Waals surface area contributed by atoms with Crippen LogP contribution in [0.2, 0.25) is 0 Å². The maximum Gasteiger partial charge on any atom is 0.219 e. The fourth-order valence-electron chi connectivity index (χ4n) is 2.60. The van der Waals surface area contributed by atoms with E-state index in [1.54, 1.807) is 13.3 Å². The van der Waals surface area contributed by atoms with E-state index in [2.05, 4.69) is 15.3 Å². The Bertz CT molecular complexity index is 958. The number of rotatable bonds is 8. The summed E-state index contributed by atoms with van der Waals surface area (Å²) in [6.07, 6.45) is 1.68. The molecule has 3 aromatic rings. The van der Waals surface area contributed by atoms with Gasteiger partial charge in [-0.1, -0.05) is 12.1 Å². The molecule has 0 saturated carbocycles. The Morgan fingerprint density at radius 1 is 1.07 bits per heavy atom. The molecule has 0 aliphatic rings. The van der Waals surface area contributed by atoms with Crippen molar-refractivity contribution in [3.8, 4) is 23.1 Å². The fraction of sp³-hybridized carbons (Fsp3) is 0.182. The van der Waals surface area contributed by atoms with Crippen LogP contribution < -0.4 is 25.3 Å². The smallest absolute Gasteiger partial charge is 0.219 e. The Balaban J connectivity index is 1.62. The third-order valence-corrected chi connectivity index (χ3v) is 3.96. The molecule has 1 aromatic heterocycles. The van der Waals surface area contributed by atoms with Crippen molar-refractivity contribution in [1.29, 1.82) is 0 Å². The molecule has 2 aromatic carbocycles. The Hall–Kier alpha value is -3.74. The number of anilines is 1. The van der Waals surface area contributed by atoms with Crippen LogP contribution in [-0.2, 0) is 6.54 Å². The molecule has 0 radical (unpaired) electrons. The van der Waals surface area contributed by atoms with E-state index in [0.717, 1.165) is 17.0 Å². The van der Waals surface area contributed by atoms with Gasteiger partial charge in [-0.2, -0.15) is 0 Å². The molecule has 0 bridgehead atoms. The minimum Gasteiger partial charge on any atom is -0.495 e. The molecule has 7 nitrogen and oxygen atoms in total. The molecule has 0 aliphatic heterocycles. The highest BCUT2D eigenvalue weighted by Crippen LogP contribution is 2.24. The summed E-state index contributed by atoms with van der Waals surface area (Å²) in [5, 5.41) is 3.05. The minimum atomic E-state index is 0.292. The van der Waals surface area contributed by atoms with Gasteiger partial charge in [-0.3, -0.25) is 0 Å². The van der Waals surface area contributed by atoms with Gasteiger partial charge in [-0.05, 0) is 55.0 Å². The number of ether oxygens (including phenoxy) is 3. The van der Waals surface area contributed by atoms with Crippen LogP contribution in [0.25, 0.3) is 0 Å². The summed E-state index contributed by atoms with van der Waals surface area (Å²) in [5.74, 6) is 2.95. The van der Waals surface area contributed by atoms with Crippen LogP contribution in [-0.4, -0.2) is 24.7 Å². The summed E-state index contributed by atoms with van der Waals surface area (Å²) < 4.78 is 16.5. The highest BCUT2D eigenvalue weighted by atomic mass is 16.5. The number of nitrogens with zero attached hydrogens (tertiary/aromatic N) is 2. The first-order valence-corrected chi connectivity index (χ1v) is 9.23. The maximum atomic E-state index is 6.00. The van der Waals surface area contributed by atoms with Crippen LogP contribution in [0.4, 0.5) is 5.69 Å². The van der Waals surface area contributed by atoms with E-state index in [1.807, 2.05) is 67.6 Å². The summed E-state index contributed by atoms with van der Waals surface area (Å²) in [5.41, 5.74) is 7.68. The molecular formula is C22H24N4O3. The summed E-state index contributed by atoms with van der Waals surface area (Å²) in [7, 11) is 1.61. The number of hydrogen-bond acceptors (Lipinski definition) is 5. The number of pyridine rings is 1. The van der Waals surface area contributed by atoms with Crippen molar-refractivity contribution in [2.45, 2.75) is 13.5 Å². The molecule has 29 heavy (non-hydrogen) atoms. The van der Waals surface area contributed by atoms with Gasteiger partial charge in [0.15, 0.2) is 5.96 Å². The molecule has 0 unspecified atom stereocenters. The third-order valence-electron chi connectivity index (χ3n) is 3.96. The highest BCUT2D eigenvalue weighted by molar-refractivity contribution is 5.93. The van der Waals surface area contributed by atoms with Gasteiger partial charge in [0.05, 0.1) is 25.9 Å². The van der Waals surface area contributed by atoms with E-state index in [1.165, 1.54) is 0 Å². The summed E-state index contributed by atoms with van der Waals surface area (Å²) in [6.45, 7) is 2.95. The standard InChI is InChI=1S/C22H24N4O3/c1-3-28-17-8-10-18(11-9-17)29-21-14-16(12-13-24-21)15-25-22(23)26-19-6-4-5-7-20(19)27-2/h4-14H,3,15H2,1-2H3,(H3,23,25,26). The lowest BCUT2D eigenvalue weighted by Crippen LogP contribution is -2.22. The quantitative estimate of drug-likeness (QED) is 0.441. The SMILES string of the molecule is CCOc1ccc(Oc2cc(CN=C(N)Nc3ccccc3OC)ccn2)cc1. The van der Waals surface area contributed by atoms with E-state index < -0.39 is 0 Å². The molecule has 0 spiro atoms. The lowest BCUT2D eigenvalue weighted by molar-refractivity contribution is 0.339. The first kappa shape index (κ1) is 20.0. The number of benzene rings is 2. The van der Waals surface area contributed by atoms with Gasteiger partial charge in [-0.15, -0.1) is 0 Å². The molecule has 0 aliphatic carbocycles. The van der Waals surface area contributed by atoms with E-state index in [4.69, 9.17) is 19.9 Å². The van der Waals surface area contributed by atoms with E-state index in [-0.39, 0.29) is 0 Å². The van der Waals surface area contributed by atoms with E-state index >= 15 is 0 Å². The number of methoxy groups -OCH3 is 1. The van der Waals surface area contributed by atoms with Crippen molar-refractivity contribution >= 4 is 11.6 Å². The zero-order chi connectivity index (χ0) is 20.5. The molecule has 1 heterocycles. The molecule has 7 heteroatoms. The molecule has 0 atom stereocenters. The summed E-state index contributed by atoms with van der Waals surface area (Å²) >= 11 is 0. The Kier molecular flexibility index (Phi) is 6.89. The molecule has 0 saturated heterocycles. The van der Waals surface area contributed by atoms with E-state index in [9.17, 15) is 0 Å². The van der Waals surface area contributed by atoms with E-state index in [0.29, 0.717) is 36.5 Å². The second kappa shape index (κ2) is 9.98. The predicted octanol–water partition coefficient (Wildman–Crippen LogP) is 4.21. The van der Waals surface area contributed by atoms with Crippen LogP contribution in [0.3, 0.4) is 0 Å². The Labute approximate surface area is 170 Å². The van der Waals surface area contributed by atoms with Gasteiger partial charge in [0.2, 0.25) is 5.88 Å². The molecular weight excluding hydrogens is 368 g/mol. The average Bonchev–Trinajstić information content (AvgIpc) is 2.75. The van der Waals surface area contributed by atoms with Crippen LogP contribution >= 0.6 is 0 Å². The molecule has 0 fully saturated rings. The van der Waals surface area contributed by atoms with Crippen molar-refractivity contribution in [1.82, 2.24) is 4.98 Å². The second-order valence-electron chi connectivity index (χ2n) is 6.04. The highest BCUT2D eigenvalue weighted by Gasteiger charge is 2.04. The van der Waals surface area contributed by atoms with Gasteiger partial charge in [0, 0.05) is 12.3 Å². The molecule has 3 N–H and O–H groups in total. The lowest BCUT2D eigenvalue weighted by Gasteiger charge is -2.10. The zero-order valence-corrected chi connectivity index (χ0v) is 16.5. The van der Waals surface area contributed by atoms with Crippen molar-refractivity contribution in [2.75, 3.05) is 19.0 Å². The summed E-state index contributed by atoms with van der Waals surface area (Å²) in [4.78, 5) is 8.62. The molecule has 3 rings (SSSR count). The van der Waals surface area contributed by atoms with Gasteiger partial charge >= 0.3 is 0 Å². The average molecular weight is 392 g/mol. The molecule has 0 amide bonds. The van der Waals surface area contributed by atoms with Crippen molar-refractivity contribution in [3.05, 3.63) is 72.4 Å². The van der Waals surface area contributed by atoms with Crippen LogP contribution in [0, 0.1) is 0 Å². The second-order valence-corrected chi connectivity index (χ2v) is 6.04. The number of para-hydroxylation sites is 2. The fourth-order valence-corrected chi connectivity index (χ4v) is 2.60. The topological polar surface area (TPSA) is 91.0 Å². The Morgan fingerprint density at radius 3 is 2.59 bits per heavy atom. The van der Waals surface area contributed by atoms with Gasteiger partial charge < -0.3 is 25.3 Å². The van der Waals surface area contributed by atoms with Crippen molar-refractivity contribution in [2.24, 2.45) is 10.7 Å². The number of aliphatic imine (C=N–C) groups is 1. The zero-order valence-electron chi connectivity index (χ0n) is 16.5. The Morgan fingerprint density at radius 2 is 1.83 bits per heavy atom. The van der Waals surface area contributed by atoms with Gasteiger partial charge in [0.25, 0.3) is 0 Å². The predicted molar refractivity (Wildman–Crippen MR) is 114 cm³/mol. The normalized spacial score (nSPS) is 11.0. The van der Waals surface area contributed by atoms with Crippen LogP contribution in [0.15, 0.2) is 71.9 Å². The van der Waals surface area contributed by atoms with Gasteiger partial charge in [0.1, 0.15) is 17.2 Å². The maximum absolute atomic E-state index is 6.00. The lowest BCUT2D eigenvalue weighted by atomic mass is 10.2. The van der Waals surface area contributed by atoms with Crippen molar-refractivity contribution in [3.63, 3.8) is 0 Å². The monoisotopic (exact) mass is 392 g/mol. The first-order chi connectivity index (χ1) is 14.2. The van der Waals surface area contributed by atoms with Crippen molar-refractivity contribution < 1.29 is 14.2 Å². The number of nitrogens with two attached hydrogens (primary N) is 1. The minimum absolute atomic E-state index is 0.292.